The van der Waals surface area contributed by atoms with Crippen molar-refractivity contribution in [3.63, 3.8) is 0 Å². The molecule has 2 saturated heterocycles. The highest BCUT2D eigenvalue weighted by Crippen LogP contribution is 2.35. The lowest BCUT2D eigenvalue weighted by atomic mass is 10.00. The van der Waals surface area contributed by atoms with Crippen molar-refractivity contribution in [1.82, 2.24) is 14.7 Å². The van der Waals surface area contributed by atoms with Crippen LogP contribution in [-0.2, 0) is 34.6 Å². The first-order valence-electron chi connectivity index (χ1n) is 13.6. The molecule has 1 N–H and O–H groups in total. The number of aromatic nitrogens is 2. The predicted molar refractivity (Wildman–Crippen MR) is 148 cm³/mol. The van der Waals surface area contributed by atoms with Gasteiger partial charge in [-0.15, -0.1) is 0 Å². The number of benzene rings is 2. The van der Waals surface area contributed by atoms with Crippen molar-refractivity contribution < 1.29 is 13.2 Å². The summed E-state index contributed by atoms with van der Waals surface area (Å²) in [4.78, 5) is 2.80. The van der Waals surface area contributed by atoms with Crippen LogP contribution in [0.1, 0.15) is 57.1 Å². The second kappa shape index (κ2) is 10.8. The SMILES string of the molecule is CC(C)Cc1ccc2nn(C)cc2c1NS(=O)(=O)c1ccc(CCCOC2C[C@H]3CC[C@@H](C2)N3C)cc1. The summed E-state index contributed by atoms with van der Waals surface area (Å²) in [7, 11) is 0.366. The van der Waals surface area contributed by atoms with Crippen molar-refractivity contribution in [3.8, 4) is 0 Å². The largest absolute Gasteiger partial charge is 0.378 e. The van der Waals surface area contributed by atoms with Gasteiger partial charge >= 0.3 is 0 Å². The van der Waals surface area contributed by atoms with Gasteiger partial charge < -0.3 is 9.64 Å². The van der Waals surface area contributed by atoms with Gasteiger partial charge in [0, 0.05) is 37.3 Å². The first-order valence-corrected chi connectivity index (χ1v) is 15.1. The summed E-state index contributed by atoms with van der Waals surface area (Å²) >= 11 is 0. The van der Waals surface area contributed by atoms with Gasteiger partial charge in [0.05, 0.1) is 22.2 Å². The van der Waals surface area contributed by atoms with Crippen molar-refractivity contribution in [2.24, 2.45) is 13.0 Å². The number of hydrogen-bond acceptors (Lipinski definition) is 5. The zero-order valence-corrected chi connectivity index (χ0v) is 23.3. The molecular weight excluding hydrogens is 484 g/mol. The molecule has 8 heteroatoms. The van der Waals surface area contributed by atoms with Crippen LogP contribution in [0.2, 0.25) is 0 Å². The van der Waals surface area contributed by atoms with E-state index in [4.69, 9.17) is 4.74 Å². The van der Waals surface area contributed by atoms with Crippen molar-refractivity contribution in [3.05, 3.63) is 53.7 Å². The molecule has 5 rings (SSSR count). The first kappa shape index (κ1) is 26.2. The molecule has 1 aromatic heterocycles. The number of ether oxygens (including phenoxy) is 1. The Hall–Kier alpha value is -2.42. The number of nitrogens with one attached hydrogen (secondary N) is 1. The standard InChI is InChI=1S/C29H40N4O3S/c1-20(2)16-22-9-14-28-27(19-32(3)30-28)29(22)31-37(34,35)26-12-7-21(8-13-26)6-5-15-36-25-17-23-10-11-24(18-25)33(23)4/h7-9,12-14,19-20,23-25,31H,5-6,10-11,15-18H2,1-4H3/t23-,24+,25?. The summed E-state index contributed by atoms with van der Waals surface area (Å²) in [6.07, 6.45) is 9.77. The van der Waals surface area contributed by atoms with Gasteiger partial charge in [-0.2, -0.15) is 5.10 Å². The second-order valence-electron chi connectivity index (χ2n) is 11.3. The quantitative estimate of drug-likeness (QED) is 0.371. The Bertz CT molecular complexity index is 1320. The van der Waals surface area contributed by atoms with Crippen LogP contribution in [0, 0.1) is 5.92 Å². The molecule has 0 aliphatic carbocycles. The zero-order valence-electron chi connectivity index (χ0n) is 22.5. The van der Waals surface area contributed by atoms with E-state index in [1.54, 1.807) is 16.8 Å². The topological polar surface area (TPSA) is 76.5 Å². The molecule has 1 unspecified atom stereocenters. The van der Waals surface area contributed by atoms with E-state index in [-0.39, 0.29) is 4.90 Å². The summed E-state index contributed by atoms with van der Waals surface area (Å²) in [5, 5.41) is 5.27. The van der Waals surface area contributed by atoms with Crippen LogP contribution in [0.5, 0.6) is 0 Å². The molecule has 0 amide bonds. The monoisotopic (exact) mass is 524 g/mol. The average molecular weight is 525 g/mol. The molecule has 0 radical (unpaired) electrons. The molecule has 2 aromatic carbocycles. The maximum atomic E-state index is 13.4. The maximum absolute atomic E-state index is 13.4. The van der Waals surface area contributed by atoms with Crippen LogP contribution in [0.25, 0.3) is 10.9 Å². The van der Waals surface area contributed by atoms with Crippen LogP contribution in [0.15, 0.2) is 47.5 Å². The number of sulfonamides is 1. The van der Waals surface area contributed by atoms with Crippen molar-refractivity contribution in [2.75, 3.05) is 18.4 Å². The summed E-state index contributed by atoms with van der Waals surface area (Å²) in [6.45, 7) is 5.02. The Balaban J connectivity index is 1.20. The molecule has 2 aliphatic heterocycles. The van der Waals surface area contributed by atoms with Crippen LogP contribution in [0.3, 0.4) is 0 Å². The van der Waals surface area contributed by atoms with Gasteiger partial charge in [0.15, 0.2) is 0 Å². The van der Waals surface area contributed by atoms with E-state index >= 15 is 0 Å². The highest BCUT2D eigenvalue weighted by atomic mass is 32.2. The fraction of sp³-hybridized carbons (Fsp3) is 0.552. The van der Waals surface area contributed by atoms with Crippen LogP contribution >= 0.6 is 0 Å². The summed E-state index contributed by atoms with van der Waals surface area (Å²) in [5.74, 6) is 0.398. The highest BCUT2D eigenvalue weighted by Gasteiger charge is 2.38. The van der Waals surface area contributed by atoms with E-state index in [2.05, 4.69) is 35.6 Å². The molecule has 2 fully saturated rings. The third kappa shape index (κ3) is 5.86. The van der Waals surface area contributed by atoms with Gasteiger partial charge in [0.1, 0.15) is 0 Å². The van der Waals surface area contributed by atoms with Crippen LogP contribution in [-0.4, -0.2) is 54.9 Å². The number of fused-ring (bicyclic) bond motifs is 3. The third-order valence-electron chi connectivity index (χ3n) is 8.01. The number of nitrogens with zero attached hydrogens (tertiary/aromatic N) is 3. The fourth-order valence-corrected chi connectivity index (χ4v) is 7.16. The molecule has 3 aromatic rings. The predicted octanol–water partition coefficient (Wildman–Crippen LogP) is 5.15. The second-order valence-corrected chi connectivity index (χ2v) is 13.0. The lowest BCUT2D eigenvalue weighted by Crippen LogP contribution is -2.42. The molecule has 7 nitrogen and oxygen atoms in total. The lowest BCUT2D eigenvalue weighted by molar-refractivity contribution is -0.0129. The smallest absolute Gasteiger partial charge is 0.261 e. The minimum Gasteiger partial charge on any atom is -0.378 e. The normalized spacial score (nSPS) is 22.2. The number of anilines is 1. The number of rotatable bonds is 10. The number of hydrogen-bond donors (Lipinski definition) is 1. The van der Waals surface area contributed by atoms with Gasteiger partial charge in [-0.05, 0) is 87.2 Å². The van der Waals surface area contributed by atoms with E-state index < -0.39 is 10.0 Å². The van der Waals surface area contributed by atoms with Gasteiger partial charge in [-0.1, -0.05) is 32.0 Å². The van der Waals surface area contributed by atoms with Gasteiger partial charge in [0.25, 0.3) is 10.0 Å². The molecule has 37 heavy (non-hydrogen) atoms. The Labute approximate surface area is 221 Å². The highest BCUT2D eigenvalue weighted by molar-refractivity contribution is 7.92. The molecule has 2 aliphatic rings. The van der Waals surface area contributed by atoms with E-state index in [0.717, 1.165) is 60.7 Å². The van der Waals surface area contributed by atoms with Crippen LogP contribution < -0.4 is 4.72 Å². The Morgan fingerprint density at radius 1 is 1.05 bits per heavy atom. The molecule has 0 spiro atoms. The van der Waals surface area contributed by atoms with Crippen LogP contribution in [0.4, 0.5) is 5.69 Å². The summed E-state index contributed by atoms with van der Waals surface area (Å²) in [6, 6.07) is 12.6. The Morgan fingerprint density at radius 3 is 2.43 bits per heavy atom. The lowest BCUT2D eigenvalue weighted by Gasteiger charge is -2.36. The maximum Gasteiger partial charge on any atom is 0.261 e. The molecule has 0 saturated carbocycles. The zero-order chi connectivity index (χ0) is 26.2. The summed E-state index contributed by atoms with van der Waals surface area (Å²) in [5.41, 5.74) is 3.51. The number of aryl methyl sites for hydroxylation is 2. The van der Waals surface area contributed by atoms with Crippen molar-refractivity contribution >= 4 is 26.6 Å². The van der Waals surface area contributed by atoms with Gasteiger partial charge in [-0.3, -0.25) is 9.40 Å². The van der Waals surface area contributed by atoms with Gasteiger partial charge in [0.2, 0.25) is 0 Å². The third-order valence-corrected chi connectivity index (χ3v) is 9.37. The molecule has 3 atom stereocenters. The number of piperidine rings is 1. The summed E-state index contributed by atoms with van der Waals surface area (Å²) < 4.78 is 37.5. The molecular formula is C29H40N4O3S. The van der Waals surface area contributed by atoms with E-state index in [9.17, 15) is 8.42 Å². The molecule has 3 heterocycles. The first-order chi connectivity index (χ1) is 17.7. The minimum absolute atomic E-state index is 0.269. The van der Waals surface area contributed by atoms with E-state index in [1.807, 2.05) is 37.5 Å². The van der Waals surface area contributed by atoms with Gasteiger partial charge in [-0.25, -0.2) is 8.42 Å². The molecule has 2 bridgehead atoms. The van der Waals surface area contributed by atoms with E-state index in [0.29, 0.717) is 29.8 Å². The molecule has 200 valence electrons. The fourth-order valence-electron chi connectivity index (χ4n) is 6.04. The Kier molecular flexibility index (Phi) is 7.61. The minimum atomic E-state index is -3.74. The average Bonchev–Trinajstić information content (AvgIpc) is 3.31. The Morgan fingerprint density at radius 2 is 1.76 bits per heavy atom. The van der Waals surface area contributed by atoms with Crippen molar-refractivity contribution in [1.29, 1.82) is 0 Å². The van der Waals surface area contributed by atoms with Crippen molar-refractivity contribution in [2.45, 2.75) is 81.9 Å². The van der Waals surface area contributed by atoms with E-state index in [1.165, 1.54) is 12.8 Å².